The van der Waals surface area contributed by atoms with Crippen LogP contribution in [0.3, 0.4) is 0 Å². The van der Waals surface area contributed by atoms with Gasteiger partial charge in [-0.3, -0.25) is 4.68 Å². The Labute approximate surface area is 132 Å². The minimum atomic E-state index is 0.268. The molecule has 0 amide bonds. The van der Waals surface area contributed by atoms with Gasteiger partial charge in [-0.1, -0.05) is 30.7 Å². The summed E-state index contributed by atoms with van der Waals surface area (Å²) in [5.74, 6) is 0. The predicted octanol–water partition coefficient (Wildman–Crippen LogP) is 5.30. The second-order valence-electron chi connectivity index (χ2n) is 5.74. The van der Waals surface area contributed by atoms with Gasteiger partial charge in [0.15, 0.2) is 0 Å². The molecule has 1 unspecified atom stereocenters. The molecule has 1 atom stereocenters. The van der Waals surface area contributed by atoms with E-state index < -0.39 is 0 Å². The fourth-order valence-corrected chi connectivity index (χ4v) is 2.79. The first-order valence-corrected chi connectivity index (χ1v) is 7.89. The topological polar surface area (TPSA) is 29.9 Å². The van der Waals surface area contributed by atoms with Crippen LogP contribution in [0, 0.1) is 13.8 Å². The summed E-state index contributed by atoms with van der Waals surface area (Å²) < 4.78 is 2.08. The van der Waals surface area contributed by atoms with E-state index in [1.807, 2.05) is 12.1 Å². The molecule has 4 heteroatoms. The Morgan fingerprint density at radius 1 is 1.19 bits per heavy atom. The van der Waals surface area contributed by atoms with Gasteiger partial charge < -0.3 is 5.32 Å². The number of hydrogen-bond acceptors (Lipinski definition) is 2. The number of anilines is 1. The summed E-state index contributed by atoms with van der Waals surface area (Å²) in [5, 5.41) is 9.06. The summed E-state index contributed by atoms with van der Waals surface area (Å²) >= 11 is 5.97. The van der Waals surface area contributed by atoms with Crippen molar-refractivity contribution in [2.24, 2.45) is 0 Å². The van der Waals surface area contributed by atoms with E-state index in [-0.39, 0.29) is 6.04 Å². The number of rotatable bonds is 5. The van der Waals surface area contributed by atoms with E-state index in [0.717, 1.165) is 22.8 Å². The summed E-state index contributed by atoms with van der Waals surface area (Å²) in [5.41, 5.74) is 4.63. The highest BCUT2D eigenvalue weighted by Crippen LogP contribution is 2.29. The van der Waals surface area contributed by atoms with E-state index in [1.54, 1.807) is 0 Å². The first kappa shape index (κ1) is 15.9. The zero-order valence-corrected chi connectivity index (χ0v) is 14.2. The maximum Gasteiger partial charge on any atom is 0.0828 e. The molecule has 0 fully saturated rings. The molecule has 0 spiro atoms. The number of benzene rings is 1. The first-order chi connectivity index (χ1) is 9.93. The van der Waals surface area contributed by atoms with Crippen LogP contribution in [-0.4, -0.2) is 9.78 Å². The molecule has 0 bridgehead atoms. The molecule has 3 nitrogen and oxygen atoms in total. The predicted molar refractivity (Wildman–Crippen MR) is 90.2 cm³/mol. The van der Waals surface area contributed by atoms with Gasteiger partial charge in [0.05, 0.1) is 23.1 Å². The lowest BCUT2D eigenvalue weighted by Crippen LogP contribution is -2.11. The van der Waals surface area contributed by atoms with Crippen LogP contribution in [0.5, 0.6) is 0 Å². The van der Waals surface area contributed by atoms with E-state index in [0.29, 0.717) is 6.04 Å². The molecule has 0 aliphatic carbocycles. The molecule has 1 aromatic carbocycles. The monoisotopic (exact) mass is 305 g/mol. The Kier molecular flexibility index (Phi) is 4.94. The van der Waals surface area contributed by atoms with Gasteiger partial charge in [0, 0.05) is 11.1 Å². The van der Waals surface area contributed by atoms with Crippen molar-refractivity contribution in [3.05, 3.63) is 46.2 Å². The summed E-state index contributed by atoms with van der Waals surface area (Å²) in [6.45, 7) is 10.7. The van der Waals surface area contributed by atoms with Crippen LogP contribution >= 0.6 is 11.6 Å². The zero-order valence-electron chi connectivity index (χ0n) is 13.4. The summed E-state index contributed by atoms with van der Waals surface area (Å²) in [7, 11) is 0. The van der Waals surface area contributed by atoms with Gasteiger partial charge in [-0.15, -0.1) is 0 Å². The van der Waals surface area contributed by atoms with Crippen molar-refractivity contribution in [2.75, 3.05) is 5.32 Å². The van der Waals surface area contributed by atoms with Crippen molar-refractivity contribution >= 4 is 17.3 Å². The summed E-state index contributed by atoms with van der Waals surface area (Å²) in [4.78, 5) is 0. The molecule has 114 valence electrons. The molecule has 0 radical (unpaired) electrons. The molecular formula is C17H24ClN3. The number of nitrogens with zero attached hydrogens (tertiary/aromatic N) is 2. The average Bonchev–Trinajstić information content (AvgIpc) is 2.73. The molecule has 0 aliphatic rings. The number of halogens is 1. The van der Waals surface area contributed by atoms with E-state index in [1.165, 1.54) is 11.3 Å². The molecule has 2 aromatic rings. The SMILES string of the molecule is CCC(Nc1c(C)nn(C(C)C)c1C)c1ccc(Cl)cc1. The van der Waals surface area contributed by atoms with Crippen molar-refractivity contribution in [2.45, 2.75) is 53.1 Å². The van der Waals surface area contributed by atoms with Crippen molar-refractivity contribution in [3.63, 3.8) is 0 Å². The molecule has 21 heavy (non-hydrogen) atoms. The highest BCUT2D eigenvalue weighted by Gasteiger charge is 2.17. The van der Waals surface area contributed by atoms with Crippen molar-refractivity contribution in [1.29, 1.82) is 0 Å². The minimum absolute atomic E-state index is 0.268. The second kappa shape index (κ2) is 6.52. The zero-order chi connectivity index (χ0) is 15.6. The first-order valence-electron chi connectivity index (χ1n) is 7.51. The van der Waals surface area contributed by atoms with Crippen LogP contribution in [0.25, 0.3) is 0 Å². The van der Waals surface area contributed by atoms with Crippen LogP contribution in [0.4, 0.5) is 5.69 Å². The maximum absolute atomic E-state index is 5.97. The number of aryl methyl sites for hydroxylation is 1. The minimum Gasteiger partial charge on any atom is -0.375 e. The Hall–Kier alpha value is -1.48. The van der Waals surface area contributed by atoms with Crippen LogP contribution in [0.1, 0.15) is 56.2 Å². The molecule has 0 saturated heterocycles. The van der Waals surface area contributed by atoms with Gasteiger partial charge in [-0.25, -0.2) is 0 Å². The van der Waals surface area contributed by atoms with Gasteiger partial charge in [-0.05, 0) is 51.8 Å². The second-order valence-corrected chi connectivity index (χ2v) is 6.18. The van der Waals surface area contributed by atoms with Crippen LogP contribution in [0.15, 0.2) is 24.3 Å². The molecule has 1 N–H and O–H groups in total. The number of nitrogens with one attached hydrogen (secondary N) is 1. The standard InChI is InChI=1S/C17H24ClN3/c1-6-16(14-7-9-15(18)10-8-14)19-17-12(4)20-21(11(2)3)13(17)5/h7-11,16,19H,6H2,1-5H3. The number of aromatic nitrogens is 2. The maximum atomic E-state index is 5.97. The normalized spacial score (nSPS) is 12.7. The lowest BCUT2D eigenvalue weighted by Gasteiger charge is -2.19. The molecule has 2 rings (SSSR count). The van der Waals surface area contributed by atoms with Crippen molar-refractivity contribution in [3.8, 4) is 0 Å². The van der Waals surface area contributed by atoms with Gasteiger partial charge in [0.2, 0.25) is 0 Å². The van der Waals surface area contributed by atoms with E-state index in [2.05, 4.69) is 61.8 Å². The Morgan fingerprint density at radius 2 is 1.81 bits per heavy atom. The summed E-state index contributed by atoms with van der Waals surface area (Å²) in [6.07, 6.45) is 1.01. The van der Waals surface area contributed by atoms with Gasteiger partial charge >= 0.3 is 0 Å². The van der Waals surface area contributed by atoms with Crippen LogP contribution < -0.4 is 5.32 Å². The fraction of sp³-hybridized carbons (Fsp3) is 0.471. The van der Waals surface area contributed by atoms with Gasteiger partial charge in [-0.2, -0.15) is 5.10 Å². The third-order valence-electron chi connectivity index (χ3n) is 3.81. The Balaban J connectivity index is 2.29. The Bertz CT molecular complexity index is 599. The highest BCUT2D eigenvalue weighted by atomic mass is 35.5. The van der Waals surface area contributed by atoms with Crippen molar-refractivity contribution in [1.82, 2.24) is 9.78 Å². The van der Waals surface area contributed by atoms with E-state index in [9.17, 15) is 0 Å². The lowest BCUT2D eigenvalue weighted by atomic mass is 10.0. The summed E-state index contributed by atoms with van der Waals surface area (Å²) in [6, 6.07) is 8.69. The van der Waals surface area contributed by atoms with Gasteiger partial charge in [0.25, 0.3) is 0 Å². The largest absolute Gasteiger partial charge is 0.375 e. The fourth-order valence-electron chi connectivity index (χ4n) is 2.67. The van der Waals surface area contributed by atoms with Crippen molar-refractivity contribution < 1.29 is 0 Å². The smallest absolute Gasteiger partial charge is 0.0828 e. The molecular weight excluding hydrogens is 282 g/mol. The quantitative estimate of drug-likeness (QED) is 0.812. The van der Waals surface area contributed by atoms with Crippen LogP contribution in [0.2, 0.25) is 5.02 Å². The average molecular weight is 306 g/mol. The van der Waals surface area contributed by atoms with Crippen LogP contribution in [-0.2, 0) is 0 Å². The lowest BCUT2D eigenvalue weighted by molar-refractivity contribution is 0.516. The molecule has 0 saturated carbocycles. The van der Waals surface area contributed by atoms with E-state index >= 15 is 0 Å². The number of hydrogen-bond donors (Lipinski definition) is 1. The Morgan fingerprint density at radius 3 is 2.29 bits per heavy atom. The molecule has 1 heterocycles. The van der Waals surface area contributed by atoms with E-state index in [4.69, 9.17) is 11.6 Å². The third-order valence-corrected chi connectivity index (χ3v) is 4.07. The van der Waals surface area contributed by atoms with Gasteiger partial charge in [0.1, 0.15) is 0 Å². The highest BCUT2D eigenvalue weighted by molar-refractivity contribution is 6.30. The third kappa shape index (κ3) is 3.41. The molecule has 0 aliphatic heterocycles. The molecule has 1 aromatic heterocycles.